The van der Waals surface area contributed by atoms with Gasteiger partial charge in [0.2, 0.25) is 6.41 Å². The molecular formula is C33H59N3O3. The second-order valence-corrected chi connectivity index (χ2v) is 11.3. The van der Waals surface area contributed by atoms with E-state index in [1.54, 1.807) is 4.90 Å². The van der Waals surface area contributed by atoms with Crippen LogP contribution in [0.25, 0.3) is 0 Å². The number of ether oxygens (including phenoxy) is 1. The van der Waals surface area contributed by atoms with Crippen LogP contribution in [0.1, 0.15) is 127 Å². The first-order valence-corrected chi connectivity index (χ1v) is 15.8. The monoisotopic (exact) mass is 545 g/mol. The number of hydrogen-bond donors (Lipinski definition) is 1. The summed E-state index contributed by atoms with van der Waals surface area (Å²) in [6.07, 6.45) is 22.7. The van der Waals surface area contributed by atoms with Crippen molar-refractivity contribution in [1.29, 1.82) is 0 Å². The molecule has 224 valence electrons. The molecule has 0 aliphatic carbocycles. The van der Waals surface area contributed by atoms with Crippen molar-refractivity contribution < 1.29 is 14.3 Å². The van der Waals surface area contributed by atoms with E-state index in [1.807, 2.05) is 39.2 Å². The van der Waals surface area contributed by atoms with Crippen LogP contribution in [-0.2, 0) is 16.1 Å². The Bertz CT molecular complexity index is 754. The Morgan fingerprint density at radius 2 is 1.33 bits per heavy atom. The molecule has 0 saturated carbocycles. The summed E-state index contributed by atoms with van der Waals surface area (Å²) in [6, 6.07) is 5.90. The number of alkyl carbamates (subject to hydrolysis) is 1. The van der Waals surface area contributed by atoms with E-state index in [1.165, 1.54) is 89.9 Å². The van der Waals surface area contributed by atoms with Crippen LogP contribution >= 0.6 is 0 Å². The molecule has 39 heavy (non-hydrogen) atoms. The second-order valence-electron chi connectivity index (χ2n) is 11.3. The first kappa shape index (κ1) is 34.9. The highest BCUT2D eigenvalue weighted by molar-refractivity contribution is 5.78. The minimum atomic E-state index is -0.418. The molecule has 1 rings (SSSR count). The fourth-order valence-electron chi connectivity index (χ4n) is 4.98. The Hall–Kier alpha value is -2.08. The average molecular weight is 546 g/mol. The normalized spacial score (nSPS) is 11.1. The molecule has 0 aliphatic heterocycles. The predicted octanol–water partition coefficient (Wildman–Crippen LogP) is 8.40. The fraction of sp³-hybridized carbons (Fsp3) is 0.758. The number of unbranched alkanes of at least 4 members (excludes halogenated alkanes) is 15. The summed E-state index contributed by atoms with van der Waals surface area (Å²) in [7, 11) is 4.02. The zero-order chi connectivity index (χ0) is 28.6. The molecule has 6 nitrogen and oxygen atoms in total. The lowest BCUT2D eigenvalue weighted by molar-refractivity contribution is -0.107. The zero-order valence-corrected chi connectivity index (χ0v) is 25.8. The minimum absolute atomic E-state index is 0.158. The molecule has 0 unspecified atom stereocenters. The van der Waals surface area contributed by atoms with Gasteiger partial charge < -0.3 is 19.9 Å². The maximum atomic E-state index is 12.1. The topological polar surface area (TPSA) is 61.9 Å². The third-order valence-corrected chi connectivity index (χ3v) is 7.47. The van der Waals surface area contributed by atoms with E-state index < -0.39 is 6.09 Å². The number of carbonyl (C=O) groups is 2. The highest BCUT2D eigenvalue weighted by Gasteiger charge is 2.14. The lowest BCUT2D eigenvalue weighted by Crippen LogP contribution is -2.28. The molecule has 1 aromatic carbocycles. The van der Waals surface area contributed by atoms with Crippen LogP contribution in [0.3, 0.4) is 0 Å². The Morgan fingerprint density at radius 3 is 1.85 bits per heavy atom. The number of benzene rings is 1. The van der Waals surface area contributed by atoms with Gasteiger partial charge in [-0.25, -0.2) is 4.79 Å². The fourth-order valence-corrected chi connectivity index (χ4v) is 4.98. The lowest BCUT2D eigenvalue weighted by atomic mass is 10.0. The van der Waals surface area contributed by atoms with Crippen molar-refractivity contribution in [3.8, 4) is 0 Å². The van der Waals surface area contributed by atoms with Crippen molar-refractivity contribution in [2.45, 2.75) is 130 Å². The van der Waals surface area contributed by atoms with Crippen LogP contribution in [0, 0.1) is 6.92 Å². The molecule has 0 fully saturated rings. The molecular weight excluding hydrogens is 486 g/mol. The van der Waals surface area contributed by atoms with Crippen LogP contribution in [0.4, 0.5) is 10.5 Å². The number of carbonyl (C=O) groups excluding carboxylic acids is 2. The number of nitrogens with one attached hydrogen (secondary N) is 1. The molecule has 0 bridgehead atoms. The van der Waals surface area contributed by atoms with Gasteiger partial charge >= 0.3 is 6.09 Å². The van der Waals surface area contributed by atoms with Gasteiger partial charge in [-0.05, 0) is 52.0 Å². The van der Waals surface area contributed by atoms with Crippen LogP contribution in [0.15, 0.2) is 18.2 Å². The van der Waals surface area contributed by atoms with E-state index in [0.29, 0.717) is 13.1 Å². The first-order valence-electron chi connectivity index (χ1n) is 15.8. The van der Waals surface area contributed by atoms with Gasteiger partial charge in [-0.1, -0.05) is 115 Å². The maximum Gasteiger partial charge on any atom is 0.407 e. The average Bonchev–Trinajstić information content (AvgIpc) is 2.92. The number of nitrogens with zero attached hydrogens (tertiary/aromatic N) is 2. The van der Waals surface area contributed by atoms with E-state index in [2.05, 4.69) is 17.1 Å². The van der Waals surface area contributed by atoms with Crippen LogP contribution in [-0.4, -0.2) is 51.1 Å². The predicted molar refractivity (Wildman–Crippen MR) is 165 cm³/mol. The molecule has 0 aliphatic rings. The van der Waals surface area contributed by atoms with Gasteiger partial charge in [-0.2, -0.15) is 0 Å². The Kier molecular flexibility index (Phi) is 21.3. The van der Waals surface area contributed by atoms with E-state index in [4.69, 9.17) is 4.74 Å². The summed E-state index contributed by atoms with van der Waals surface area (Å²) < 4.78 is 5.48. The molecule has 0 radical (unpaired) electrons. The van der Waals surface area contributed by atoms with Crippen molar-refractivity contribution >= 4 is 18.2 Å². The van der Waals surface area contributed by atoms with Gasteiger partial charge in [-0.15, -0.1) is 0 Å². The minimum Gasteiger partial charge on any atom is -0.445 e. The van der Waals surface area contributed by atoms with Gasteiger partial charge in [0.25, 0.3) is 0 Å². The quantitative estimate of drug-likeness (QED) is 0.0990. The van der Waals surface area contributed by atoms with Gasteiger partial charge in [0, 0.05) is 18.7 Å². The number of hydrogen-bond acceptors (Lipinski definition) is 4. The van der Waals surface area contributed by atoms with Crippen molar-refractivity contribution in [2.75, 3.05) is 38.6 Å². The highest BCUT2D eigenvalue weighted by Crippen LogP contribution is 2.25. The second kappa shape index (κ2) is 23.8. The third-order valence-electron chi connectivity index (χ3n) is 7.47. The van der Waals surface area contributed by atoms with E-state index in [0.717, 1.165) is 49.0 Å². The molecule has 1 N–H and O–H groups in total. The van der Waals surface area contributed by atoms with Gasteiger partial charge in [0.05, 0.1) is 5.69 Å². The molecule has 2 amide bonds. The van der Waals surface area contributed by atoms with Gasteiger partial charge in [-0.3, -0.25) is 4.79 Å². The smallest absolute Gasteiger partial charge is 0.407 e. The molecule has 0 atom stereocenters. The van der Waals surface area contributed by atoms with E-state index in [-0.39, 0.29) is 6.61 Å². The van der Waals surface area contributed by atoms with Gasteiger partial charge in [0.15, 0.2) is 0 Å². The number of aryl methyl sites for hydroxylation is 1. The number of amides is 2. The molecule has 0 saturated heterocycles. The Morgan fingerprint density at radius 1 is 0.795 bits per heavy atom. The Balaban J connectivity index is 2.21. The summed E-state index contributed by atoms with van der Waals surface area (Å²) in [6.45, 7) is 6.61. The molecule has 0 spiro atoms. The van der Waals surface area contributed by atoms with Crippen LogP contribution < -0.4 is 10.2 Å². The van der Waals surface area contributed by atoms with Crippen molar-refractivity contribution in [3.63, 3.8) is 0 Å². The van der Waals surface area contributed by atoms with Crippen molar-refractivity contribution in [1.82, 2.24) is 10.2 Å². The van der Waals surface area contributed by atoms with Crippen molar-refractivity contribution in [3.05, 3.63) is 29.3 Å². The summed E-state index contributed by atoms with van der Waals surface area (Å²) in [4.78, 5) is 27.9. The van der Waals surface area contributed by atoms with Gasteiger partial charge in [0.1, 0.15) is 6.61 Å². The Labute approximate surface area is 240 Å². The highest BCUT2D eigenvalue weighted by atomic mass is 16.5. The van der Waals surface area contributed by atoms with Crippen molar-refractivity contribution in [2.24, 2.45) is 0 Å². The molecule has 1 aromatic rings. The third kappa shape index (κ3) is 18.0. The maximum absolute atomic E-state index is 12.1. The number of anilines is 1. The van der Waals surface area contributed by atoms with E-state index in [9.17, 15) is 9.59 Å². The number of rotatable bonds is 25. The van der Waals surface area contributed by atoms with Crippen LogP contribution in [0.5, 0.6) is 0 Å². The SMILES string of the molecule is CCCCCCCCCCCCCCCCCCN(C=O)c1cccc(C)c1COC(=O)NCCCN(C)C. The standard InChI is InChI=1S/C33H59N3O3/c1-5-6-7-8-9-10-11-12-13-14-15-16-17-18-19-20-27-36(29-37)32-24-21-23-30(2)31(32)28-39-33(38)34-25-22-26-35(3)4/h21,23-24,29H,5-20,22,25-28H2,1-4H3,(H,34,38). The lowest BCUT2D eigenvalue weighted by Gasteiger charge is -2.22. The summed E-state index contributed by atoms with van der Waals surface area (Å²) in [5.74, 6) is 0. The molecule has 6 heteroatoms. The summed E-state index contributed by atoms with van der Waals surface area (Å²) in [5, 5.41) is 2.80. The summed E-state index contributed by atoms with van der Waals surface area (Å²) >= 11 is 0. The zero-order valence-electron chi connectivity index (χ0n) is 25.8. The largest absolute Gasteiger partial charge is 0.445 e. The van der Waals surface area contributed by atoms with E-state index >= 15 is 0 Å². The molecule has 0 aromatic heterocycles. The van der Waals surface area contributed by atoms with Crippen LogP contribution in [0.2, 0.25) is 0 Å². The first-order chi connectivity index (χ1) is 19.0. The summed E-state index contributed by atoms with van der Waals surface area (Å²) in [5.41, 5.74) is 2.75. The molecule has 0 heterocycles.